The molecule has 126 valence electrons. The number of nitrogens with zero attached hydrogens (tertiary/aromatic N) is 1. The summed E-state index contributed by atoms with van der Waals surface area (Å²) in [5, 5.41) is 4.11. The van der Waals surface area contributed by atoms with E-state index < -0.39 is 11.7 Å². The Balaban J connectivity index is 1.95. The van der Waals surface area contributed by atoms with Crippen molar-refractivity contribution in [2.45, 2.75) is 71.3 Å². The predicted octanol–water partition coefficient (Wildman–Crippen LogP) is 4.98. The van der Waals surface area contributed by atoms with E-state index in [0.29, 0.717) is 5.92 Å². The molecular formula is C19H28N2O2. The van der Waals surface area contributed by atoms with Crippen molar-refractivity contribution in [3.8, 4) is 0 Å². The predicted molar refractivity (Wildman–Crippen MR) is 93.8 cm³/mol. The van der Waals surface area contributed by atoms with E-state index in [0.717, 1.165) is 11.3 Å². The van der Waals surface area contributed by atoms with Crippen LogP contribution in [0.2, 0.25) is 0 Å². The molecule has 1 saturated carbocycles. The highest BCUT2D eigenvalue weighted by atomic mass is 16.6. The fourth-order valence-electron chi connectivity index (χ4n) is 2.93. The van der Waals surface area contributed by atoms with Gasteiger partial charge in [-0.15, -0.1) is 0 Å². The lowest BCUT2D eigenvalue weighted by molar-refractivity contribution is 0.0529. The van der Waals surface area contributed by atoms with Crippen LogP contribution in [0.5, 0.6) is 0 Å². The number of amides is 1. The summed E-state index contributed by atoms with van der Waals surface area (Å²) in [5.41, 5.74) is 5.13. The molecule has 0 unspecified atom stereocenters. The molecule has 2 rings (SSSR count). The SMILES string of the molecule is CC(=NNC(=O)OC(C)(C)C)c1ccc(C2CCCCC2)cc1. The average Bonchev–Trinajstić information content (AvgIpc) is 2.52. The van der Waals surface area contributed by atoms with Crippen LogP contribution in [-0.2, 0) is 4.74 Å². The van der Waals surface area contributed by atoms with Crippen LogP contribution in [0.15, 0.2) is 29.4 Å². The maximum Gasteiger partial charge on any atom is 0.428 e. The summed E-state index contributed by atoms with van der Waals surface area (Å²) < 4.78 is 5.17. The highest BCUT2D eigenvalue weighted by molar-refractivity contribution is 5.99. The fourth-order valence-corrected chi connectivity index (χ4v) is 2.93. The minimum Gasteiger partial charge on any atom is -0.443 e. The molecule has 1 aromatic carbocycles. The van der Waals surface area contributed by atoms with Gasteiger partial charge in [0.15, 0.2) is 0 Å². The lowest BCUT2D eigenvalue weighted by Gasteiger charge is -2.22. The molecule has 1 N–H and O–H groups in total. The molecule has 0 spiro atoms. The number of ether oxygens (including phenoxy) is 1. The normalized spacial score (nSPS) is 17.0. The molecule has 0 heterocycles. The zero-order valence-corrected chi connectivity index (χ0v) is 14.7. The minimum atomic E-state index is -0.532. The number of benzene rings is 1. The lowest BCUT2D eigenvalue weighted by atomic mass is 9.84. The Kier molecular flexibility index (Phi) is 5.80. The molecule has 1 fully saturated rings. The first-order chi connectivity index (χ1) is 10.8. The maximum atomic E-state index is 11.6. The highest BCUT2D eigenvalue weighted by Gasteiger charge is 2.16. The standard InChI is InChI=1S/C19H28N2O2/c1-14(20-21-18(22)23-19(2,3)4)15-10-12-17(13-11-15)16-8-6-5-7-9-16/h10-13,16H,5-9H2,1-4H3,(H,21,22). The van der Waals surface area contributed by atoms with E-state index >= 15 is 0 Å². The quantitative estimate of drug-likeness (QED) is 0.631. The molecule has 1 amide bonds. The Bertz CT molecular complexity index is 550. The van der Waals surface area contributed by atoms with Crippen molar-refractivity contribution in [2.24, 2.45) is 5.10 Å². The van der Waals surface area contributed by atoms with Gasteiger partial charge in [-0.25, -0.2) is 10.2 Å². The first-order valence-corrected chi connectivity index (χ1v) is 8.49. The van der Waals surface area contributed by atoms with E-state index in [1.54, 1.807) is 0 Å². The molecule has 4 nitrogen and oxygen atoms in total. The molecule has 0 aliphatic heterocycles. The van der Waals surface area contributed by atoms with Gasteiger partial charge in [-0.05, 0) is 57.6 Å². The zero-order valence-electron chi connectivity index (χ0n) is 14.7. The molecule has 1 aliphatic carbocycles. The minimum absolute atomic E-state index is 0.519. The first-order valence-electron chi connectivity index (χ1n) is 8.49. The molecule has 0 bridgehead atoms. The number of hydrazone groups is 1. The molecular weight excluding hydrogens is 288 g/mol. The summed E-state index contributed by atoms with van der Waals surface area (Å²) in [5.74, 6) is 0.704. The number of nitrogens with one attached hydrogen (secondary N) is 1. The van der Waals surface area contributed by atoms with Crippen molar-refractivity contribution >= 4 is 11.8 Å². The Morgan fingerprint density at radius 2 is 1.74 bits per heavy atom. The number of hydrogen-bond acceptors (Lipinski definition) is 3. The van der Waals surface area contributed by atoms with Crippen molar-refractivity contribution < 1.29 is 9.53 Å². The van der Waals surface area contributed by atoms with E-state index in [-0.39, 0.29) is 0 Å². The van der Waals surface area contributed by atoms with Crippen LogP contribution in [0, 0.1) is 0 Å². The van der Waals surface area contributed by atoms with Gasteiger partial charge in [0.2, 0.25) is 0 Å². The average molecular weight is 316 g/mol. The monoisotopic (exact) mass is 316 g/mol. The first kappa shape index (κ1) is 17.5. The largest absolute Gasteiger partial charge is 0.443 e. The molecule has 4 heteroatoms. The van der Waals surface area contributed by atoms with Gasteiger partial charge < -0.3 is 4.74 Å². The van der Waals surface area contributed by atoms with Crippen LogP contribution in [0.1, 0.15) is 76.8 Å². The number of hydrogen-bond donors (Lipinski definition) is 1. The van der Waals surface area contributed by atoms with Gasteiger partial charge in [0, 0.05) is 0 Å². The van der Waals surface area contributed by atoms with E-state index in [4.69, 9.17) is 4.74 Å². The van der Waals surface area contributed by atoms with Crippen molar-refractivity contribution in [2.75, 3.05) is 0 Å². The van der Waals surface area contributed by atoms with Gasteiger partial charge in [-0.3, -0.25) is 0 Å². The van der Waals surface area contributed by atoms with Crippen LogP contribution in [0.4, 0.5) is 4.79 Å². The second kappa shape index (κ2) is 7.62. The van der Waals surface area contributed by atoms with Crippen LogP contribution >= 0.6 is 0 Å². The smallest absolute Gasteiger partial charge is 0.428 e. The van der Waals surface area contributed by atoms with Crippen LogP contribution in [-0.4, -0.2) is 17.4 Å². The highest BCUT2D eigenvalue weighted by Crippen LogP contribution is 2.32. The number of carbonyl (C=O) groups is 1. The Hall–Kier alpha value is -1.84. The summed E-state index contributed by atoms with van der Waals surface area (Å²) in [6.07, 6.45) is 6.12. The van der Waals surface area contributed by atoms with Crippen LogP contribution < -0.4 is 5.43 Å². The third-order valence-electron chi connectivity index (χ3n) is 4.12. The maximum absolute atomic E-state index is 11.6. The fraction of sp³-hybridized carbons (Fsp3) is 0.579. The zero-order chi connectivity index (χ0) is 16.9. The molecule has 0 radical (unpaired) electrons. The van der Waals surface area contributed by atoms with Crippen LogP contribution in [0.3, 0.4) is 0 Å². The molecule has 0 saturated heterocycles. The third kappa shape index (κ3) is 5.70. The number of carbonyl (C=O) groups excluding carboxylic acids is 1. The molecule has 1 aromatic rings. The second-order valence-electron chi connectivity index (χ2n) is 7.27. The molecule has 0 aromatic heterocycles. The Morgan fingerprint density at radius 3 is 2.30 bits per heavy atom. The van der Waals surface area contributed by atoms with Crippen molar-refractivity contribution in [3.05, 3.63) is 35.4 Å². The van der Waals surface area contributed by atoms with Crippen LogP contribution in [0.25, 0.3) is 0 Å². The van der Waals surface area contributed by atoms with E-state index in [1.807, 2.05) is 27.7 Å². The topological polar surface area (TPSA) is 50.7 Å². The molecule has 23 heavy (non-hydrogen) atoms. The van der Waals surface area contributed by atoms with Gasteiger partial charge in [-0.1, -0.05) is 43.5 Å². The second-order valence-corrected chi connectivity index (χ2v) is 7.27. The van der Waals surface area contributed by atoms with E-state index in [2.05, 4.69) is 34.8 Å². The van der Waals surface area contributed by atoms with Crippen molar-refractivity contribution in [1.29, 1.82) is 0 Å². The van der Waals surface area contributed by atoms with Gasteiger partial charge in [0.1, 0.15) is 5.60 Å². The summed E-state index contributed by atoms with van der Waals surface area (Å²) in [7, 11) is 0. The molecule has 0 atom stereocenters. The van der Waals surface area contributed by atoms with Gasteiger partial charge >= 0.3 is 6.09 Å². The summed E-state index contributed by atoms with van der Waals surface area (Å²) in [6, 6.07) is 8.55. The van der Waals surface area contributed by atoms with Gasteiger partial charge in [0.25, 0.3) is 0 Å². The van der Waals surface area contributed by atoms with E-state index in [1.165, 1.54) is 37.7 Å². The van der Waals surface area contributed by atoms with E-state index in [9.17, 15) is 4.79 Å². The van der Waals surface area contributed by atoms with Gasteiger partial charge in [-0.2, -0.15) is 5.10 Å². The Morgan fingerprint density at radius 1 is 1.13 bits per heavy atom. The van der Waals surface area contributed by atoms with Crippen molar-refractivity contribution in [3.63, 3.8) is 0 Å². The summed E-state index contributed by atoms with van der Waals surface area (Å²) >= 11 is 0. The summed E-state index contributed by atoms with van der Waals surface area (Å²) in [4.78, 5) is 11.6. The van der Waals surface area contributed by atoms with Crippen molar-refractivity contribution in [1.82, 2.24) is 5.43 Å². The molecule has 1 aliphatic rings. The lowest BCUT2D eigenvalue weighted by Crippen LogP contribution is -2.30. The number of rotatable bonds is 3. The third-order valence-corrected chi connectivity index (χ3v) is 4.12. The summed E-state index contributed by atoms with van der Waals surface area (Å²) in [6.45, 7) is 7.36. The van der Waals surface area contributed by atoms with Gasteiger partial charge in [0.05, 0.1) is 5.71 Å². The Labute approximate surface area is 139 Å².